The lowest BCUT2D eigenvalue weighted by atomic mass is 9.93. The van der Waals surface area contributed by atoms with Gasteiger partial charge in [0.2, 0.25) is 5.91 Å². The van der Waals surface area contributed by atoms with E-state index in [4.69, 9.17) is 0 Å². The second-order valence-electron chi connectivity index (χ2n) is 4.56. The maximum atomic E-state index is 12.1. The van der Waals surface area contributed by atoms with Crippen LogP contribution in [0, 0.1) is 0 Å². The van der Waals surface area contributed by atoms with Crippen LogP contribution in [-0.2, 0) is 4.79 Å². The van der Waals surface area contributed by atoms with Gasteiger partial charge in [-0.05, 0) is 38.5 Å². The molecule has 0 aromatic rings. The molecule has 16 heavy (non-hydrogen) atoms. The van der Waals surface area contributed by atoms with Crippen LogP contribution in [0.5, 0.6) is 0 Å². The molecule has 3 nitrogen and oxygen atoms in total. The number of hydrogen-bond acceptors (Lipinski definition) is 3. The Morgan fingerprint density at radius 2 is 2.38 bits per heavy atom. The Kier molecular flexibility index (Phi) is 5.62. The average Bonchev–Trinajstić information content (AvgIpc) is 2.78. The summed E-state index contributed by atoms with van der Waals surface area (Å²) in [6.45, 7) is 6.05. The van der Waals surface area contributed by atoms with Crippen LogP contribution in [0.15, 0.2) is 0 Å². The van der Waals surface area contributed by atoms with E-state index in [1.807, 2.05) is 11.8 Å². The van der Waals surface area contributed by atoms with Crippen LogP contribution in [0.4, 0.5) is 0 Å². The van der Waals surface area contributed by atoms with Crippen molar-refractivity contribution in [2.24, 2.45) is 0 Å². The fourth-order valence-electron chi connectivity index (χ4n) is 2.14. The van der Waals surface area contributed by atoms with Crippen molar-refractivity contribution in [3.63, 3.8) is 0 Å². The number of hydrogen-bond donors (Lipinski definition) is 2. The summed E-state index contributed by atoms with van der Waals surface area (Å²) < 4.78 is 0. The average molecular weight is 244 g/mol. The third kappa shape index (κ3) is 3.39. The zero-order valence-corrected chi connectivity index (χ0v) is 11.5. The van der Waals surface area contributed by atoms with E-state index < -0.39 is 0 Å². The lowest BCUT2D eigenvalue weighted by Crippen LogP contribution is -2.53. The summed E-state index contributed by atoms with van der Waals surface area (Å²) in [5.74, 6) is 0.195. The van der Waals surface area contributed by atoms with Gasteiger partial charge in [-0.25, -0.2) is 0 Å². The van der Waals surface area contributed by atoms with Crippen molar-refractivity contribution in [3.8, 4) is 0 Å². The maximum Gasteiger partial charge on any atom is 0.240 e. The molecule has 0 aromatic carbocycles. The molecule has 2 atom stereocenters. The van der Waals surface area contributed by atoms with Gasteiger partial charge in [-0.3, -0.25) is 4.79 Å². The third-order valence-electron chi connectivity index (χ3n) is 3.52. The minimum Gasteiger partial charge on any atom is -0.354 e. The SMILES string of the molecule is CCC1(C(=O)NCCC(C)SC)CCCN1. The summed E-state index contributed by atoms with van der Waals surface area (Å²) in [7, 11) is 0. The van der Waals surface area contributed by atoms with Crippen molar-refractivity contribution in [2.45, 2.75) is 50.3 Å². The summed E-state index contributed by atoms with van der Waals surface area (Å²) in [6, 6.07) is 0. The molecule has 2 N–H and O–H groups in total. The van der Waals surface area contributed by atoms with Gasteiger partial charge < -0.3 is 10.6 Å². The molecule has 1 amide bonds. The van der Waals surface area contributed by atoms with Crippen LogP contribution >= 0.6 is 11.8 Å². The molecular formula is C12H24N2OS. The molecule has 0 saturated carbocycles. The standard InChI is InChI=1S/C12H24N2OS/c1-4-12(7-5-8-14-12)11(15)13-9-6-10(2)16-3/h10,14H,4-9H2,1-3H3,(H,13,15). The third-order valence-corrected chi connectivity index (χ3v) is 4.56. The van der Waals surface area contributed by atoms with Gasteiger partial charge in [-0.15, -0.1) is 0 Å². The van der Waals surface area contributed by atoms with Gasteiger partial charge in [0, 0.05) is 11.8 Å². The van der Waals surface area contributed by atoms with Gasteiger partial charge in [0.15, 0.2) is 0 Å². The second kappa shape index (κ2) is 6.50. The van der Waals surface area contributed by atoms with Gasteiger partial charge >= 0.3 is 0 Å². The van der Waals surface area contributed by atoms with Gasteiger partial charge in [0.1, 0.15) is 0 Å². The molecule has 0 radical (unpaired) electrons. The summed E-state index contributed by atoms with van der Waals surface area (Å²) in [5, 5.41) is 7.04. The van der Waals surface area contributed by atoms with E-state index in [-0.39, 0.29) is 11.4 Å². The van der Waals surface area contributed by atoms with Crippen LogP contribution in [0.3, 0.4) is 0 Å². The predicted octanol–water partition coefficient (Wildman–Crippen LogP) is 1.78. The van der Waals surface area contributed by atoms with Crippen molar-refractivity contribution in [3.05, 3.63) is 0 Å². The number of rotatable bonds is 6. The highest BCUT2D eigenvalue weighted by atomic mass is 32.2. The van der Waals surface area contributed by atoms with Crippen LogP contribution in [0.2, 0.25) is 0 Å². The quantitative estimate of drug-likeness (QED) is 0.748. The van der Waals surface area contributed by atoms with Crippen molar-refractivity contribution < 1.29 is 4.79 Å². The van der Waals surface area contributed by atoms with Crippen molar-refractivity contribution in [1.82, 2.24) is 10.6 Å². The Morgan fingerprint density at radius 1 is 1.62 bits per heavy atom. The molecule has 0 aromatic heterocycles. The molecule has 1 aliphatic rings. The van der Waals surface area contributed by atoms with Crippen LogP contribution in [-0.4, -0.2) is 36.0 Å². The summed E-state index contributed by atoms with van der Waals surface area (Å²) >= 11 is 1.85. The highest BCUT2D eigenvalue weighted by molar-refractivity contribution is 7.99. The lowest BCUT2D eigenvalue weighted by Gasteiger charge is -2.26. The molecular weight excluding hydrogens is 220 g/mol. The fraction of sp³-hybridized carbons (Fsp3) is 0.917. The first-order valence-corrected chi connectivity index (χ1v) is 7.49. The van der Waals surface area contributed by atoms with E-state index >= 15 is 0 Å². The minimum atomic E-state index is -0.275. The first-order chi connectivity index (χ1) is 7.64. The molecule has 0 aliphatic carbocycles. The first kappa shape index (κ1) is 13.8. The molecule has 1 saturated heterocycles. The lowest BCUT2D eigenvalue weighted by molar-refractivity contribution is -0.127. The molecule has 1 aliphatic heterocycles. The molecule has 1 heterocycles. The topological polar surface area (TPSA) is 41.1 Å². The predicted molar refractivity (Wildman–Crippen MR) is 70.9 cm³/mol. The number of amides is 1. The van der Waals surface area contributed by atoms with Gasteiger partial charge in [0.05, 0.1) is 5.54 Å². The number of thioether (sulfide) groups is 1. The normalized spacial score (nSPS) is 26.7. The Bertz CT molecular complexity index is 227. The van der Waals surface area contributed by atoms with E-state index in [1.165, 1.54) is 0 Å². The Balaban J connectivity index is 2.33. The molecule has 1 rings (SSSR count). The van der Waals surface area contributed by atoms with Crippen LogP contribution in [0.1, 0.15) is 39.5 Å². The summed E-state index contributed by atoms with van der Waals surface area (Å²) in [5.41, 5.74) is -0.275. The zero-order chi connectivity index (χ0) is 12.0. The molecule has 2 unspecified atom stereocenters. The van der Waals surface area contributed by atoms with E-state index in [0.717, 1.165) is 38.8 Å². The first-order valence-electron chi connectivity index (χ1n) is 6.20. The van der Waals surface area contributed by atoms with E-state index in [0.29, 0.717) is 5.25 Å². The molecule has 94 valence electrons. The molecule has 1 fully saturated rings. The number of nitrogens with one attached hydrogen (secondary N) is 2. The Labute approximate surface area is 103 Å². The Hall–Kier alpha value is -0.220. The van der Waals surface area contributed by atoms with Gasteiger partial charge in [-0.2, -0.15) is 11.8 Å². The number of carbonyl (C=O) groups is 1. The van der Waals surface area contributed by atoms with Crippen molar-refractivity contribution in [1.29, 1.82) is 0 Å². The van der Waals surface area contributed by atoms with E-state index in [1.54, 1.807) is 0 Å². The number of carbonyl (C=O) groups excluding carboxylic acids is 1. The molecule has 0 bridgehead atoms. The highest BCUT2D eigenvalue weighted by Crippen LogP contribution is 2.23. The Morgan fingerprint density at radius 3 is 2.88 bits per heavy atom. The smallest absolute Gasteiger partial charge is 0.240 e. The van der Waals surface area contributed by atoms with Gasteiger partial charge in [0.25, 0.3) is 0 Å². The highest BCUT2D eigenvalue weighted by Gasteiger charge is 2.38. The zero-order valence-electron chi connectivity index (χ0n) is 10.6. The van der Waals surface area contributed by atoms with Crippen LogP contribution < -0.4 is 10.6 Å². The maximum absolute atomic E-state index is 12.1. The fourth-order valence-corrected chi connectivity index (χ4v) is 2.49. The summed E-state index contributed by atoms with van der Waals surface area (Å²) in [4.78, 5) is 12.1. The van der Waals surface area contributed by atoms with Crippen LogP contribution in [0.25, 0.3) is 0 Å². The molecule has 4 heteroatoms. The van der Waals surface area contributed by atoms with E-state index in [2.05, 4.69) is 30.7 Å². The van der Waals surface area contributed by atoms with Gasteiger partial charge in [-0.1, -0.05) is 13.8 Å². The van der Waals surface area contributed by atoms with E-state index in [9.17, 15) is 4.79 Å². The monoisotopic (exact) mass is 244 g/mol. The van der Waals surface area contributed by atoms with Crippen molar-refractivity contribution in [2.75, 3.05) is 19.3 Å². The minimum absolute atomic E-state index is 0.195. The second-order valence-corrected chi connectivity index (χ2v) is 5.83. The van der Waals surface area contributed by atoms with Crippen molar-refractivity contribution >= 4 is 17.7 Å². The summed E-state index contributed by atoms with van der Waals surface area (Å²) in [6.07, 6.45) is 6.14. The largest absolute Gasteiger partial charge is 0.354 e. The molecule has 0 spiro atoms.